The number of alkyl halides is 3. The maximum absolute atomic E-state index is 12.0. The van der Waals surface area contributed by atoms with Crippen molar-refractivity contribution in [3.05, 3.63) is 24.3 Å². The first kappa shape index (κ1) is 13.5. The van der Waals surface area contributed by atoms with Gasteiger partial charge in [-0.25, -0.2) is 0 Å². The Balaban J connectivity index is 1.98. The second kappa shape index (κ2) is 5.39. The maximum atomic E-state index is 12.0. The van der Waals surface area contributed by atoms with E-state index in [2.05, 4.69) is 15.7 Å². The smallest absolute Gasteiger partial charge is 0.406 e. The number of hydrogen-bond donors (Lipinski definition) is 0. The van der Waals surface area contributed by atoms with Crippen LogP contribution in [0.1, 0.15) is 12.8 Å². The van der Waals surface area contributed by atoms with Crippen molar-refractivity contribution in [1.29, 1.82) is 5.26 Å². The largest absolute Gasteiger partial charge is 0.573 e. The molecule has 2 rings (SSSR count). The van der Waals surface area contributed by atoms with Gasteiger partial charge in [-0.1, -0.05) is 0 Å². The molecule has 1 aromatic carbocycles. The number of nitriles is 1. The Morgan fingerprint density at radius 2 is 1.74 bits per heavy atom. The first-order chi connectivity index (χ1) is 8.98. The number of piperidine rings is 1. The highest BCUT2D eigenvalue weighted by Gasteiger charge is 2.31. The molecule has 0 bridgehead atoms. The molecule has 0 amide bonds. The average molecular weight is 270 g/mol. The average Bonchev–Trinajstić information content (AvgIpc) is 2.38. The molecule has 0 N–H and O–H groups in total. The normalized spacial score (nSPS) is 17.1. The first-order valence-electron chi connectivity index (χ1n) is 5.98. The van der Waals surface area contributed by atoms with Crippen molar-refractivity contribution in [3.63, 3.8) is 0 Å². The lowest BCUT2D eigenvalue weighted by Gasteiger charge is -2.31. The lowest BCUT2D eigenvalue weighted by Crippen LogP contribution is -2.33. The van der Waals surface area contributed by atoms with Crippen LogP contribution in [0.5, 0.6) is 5.75 Å². The van der Waals surface area contributed by atoms with E-state index in [0.717, 1.165) is 31.6 Å². The predicted octanol–water partition coefficient (Wildman–Crippen LogP) is 3.33. The van der Waals surface area contributed by atoms with Crippen molar-refractivity contribution >= 4 is 5.69 Å². The Morgan fingerprint density at radius 1 is 1.16 bits per heavy atom. The van der Waals surface area contributed by atoms with Gasteiger partial charge in [-0.3, -0.25) is 0 Å². The third-order valence-corrected chi connectivity index (χ3v) is 3.11. The summed E-state index contributed by atoms with van der Waals surface area (Å²) in [6.07, 6.45) is -3.08. The highest BCUT2D eigenvalue weighted by Crippen LogP contribution is 2.27. The second-order valence-corrected chi connectivity index (χ2v) is 4.43. The summed E-state index contributed by atoms with van der Waals surface area (Å²) in [6.45, 7) is 1.50. The molecule has 1 aliphatic heterocycles. The van der Waals surface area contributed by atoms with Crippen LogP contribution in [-0.2, 0) is 0 Å². The minimum Gasteiger partial charge on any atom is -0.406 e. The molecule has 6 heteroatoms. The van der Waals surface area contributed by atoms with E-state index >= 15 is 0 Å². The van der Waals surface area contributed by atoms with Crippen LogP contribution in [0.15, 0.2) is 24.3 Å². The van der Waals surface area contributed by atoms with Crippen molar-refractivity contribution in [2.45, 2.75) is 19.2 Å². The first-order valence-corrected chi connectivity index (χ1v) is 5.98. The molecule has 1 fully saturated rings. The lowest BCUT2D eigenvalue weighted by molar-refractivity contribution is -0.274. The molecule has 0 atom stereocenters. The summed E-state index contributed by atoms with van der Waals surface area (Å²) in [5, 5.41) is 8.80. The summed E-state index contributed by atoms with van der Waals surface area (Å²) in [4.78, 5) is 2.06. The van der Waals surface area contributed by atoms with E-state index in [9.17, 15) is 13.2 Å². The van der Waals surface area contributed by atoms with Gasteiger partial charge in [0.05, 0.1) is 6.07 Å². The Labute approximate surface area is 109 Å². The van der Waals surface area contributed by atoms with Gasteiger partial charge < -0.3 is 9.64 Å². The molecular weight excluding hydrogens is 257 g/mol. The molecule has 19 heavy (non-hydrogen) atoms. The predicted molar refractivity (Wildman–Crippen MR) is 63.7 cm³/mol. The van der Waals surface area contributed by atoms with Crippen LogP contribution in [0.3, 0.4) is 0 Å². The van der Waals surface area contributed by atoms with Gasteiger partial charge in [0.2, 0.25) is 0 Å². The number of ether oxygens (including phenoxy) is 1. The van der Waals surface area contributed by atoms with Crippen molar-refractivity contribution in [2.75, 3.05) is 18.0 Å². The van der Waals surface area contributed by atoms with E-state index in [1.54, 1.807) is 12.1 Å². The van der Waals surface area contributed by atoms with Gasteiger partial charge >= 0.3 is 6.36 Å². The highest BCUT2D eigenvalue weighted by atomic mass is 19.4. The second-order valence-electron chi connectivity index (χ2n) is 4.43. The fourth-order valence-corrected chi connectivity index (χ4v) is 2.13. The maximum Gasteiger partial charge on any atom is 0.573 e. The number of rotatable bonds is 2. The standard InChI is InChI=1S/C13H13F3N2O/c14-13(15,16)19-12-3-1-11(2-4-12)18-7-5-10(9-17)6-8-18/h1-4,10H,5-8H2. The molecule has 1 aromatic rings. The van der Waals surface area contributed by atoms with Crippen LogP contribution in [0.25, 0.3) is 0 Å². The van der Waals surface area contributed by atoms with Crippen molar-refractivity contribution in [3.8, 4) is 11.8 Å². The molecular formula is C13H13F3N2O. The van der Waals surface area contributed by atoms with E-state index in [1.165, 1.54) is 12.1 Å². The van der Waals surface area contributed by atoms with Crippen LogP contribution in [0, 0.1) is 17.2 Å². The summed E-state index contributed by atoms with van der Waals surface area (Å²) in [5.41, 5.74) is 0.853. The molecule has 0 radical (unpaired) electrons. The molecule has 1 heterocycles. The summed E-state index contributed by atoms with van der Waals surface area (Å²) >= 11 is 0. The fourth-order valence-electron chi connectivity index (χ4n) is 2.13. The van der Waals surface area contributed by atoms with Gasteiger partial charge in [0.25, 0.3) is 0 Å². The van der Waals surface area contributed by atoms with Crippen molar-refractivity contribution in [2.24, 2.45) is 5.92 Å². The lowest BCUT2D eigenvalue weighted by atomic mass is 9.98. The molecule has 0 unspecified atom stereocenters. The number of benzene rings is 1. The van der Waals surface area contributed by atoms with Crippen LogP contribution >= 0.6 is 0 Å². The molecule has 102 valence electrons. The molecule has 1 saturated heterocycles. The highest BCUT2D eigenvalue weighted by molar-refractivity contribution is 5.49. The zero-order chi connectivity index (χ0) is 13.9. The molecule has 0 aromatic heterocycles. The zero-order valence-electron chi connectivity index (χ0n) is 10.2. The summed E-state index contributed by atoms with van der Waals surface area (Å²) in [7, 11) is 0. The minimum atomic E-state index is -4.66. The zero-order valence-corrected chi connectivity index (χ0v) is 10.2. The number of anilines is 1. The SMILES string of the molecule is N#CC1CCN(c2ccc(OC(F)(F)F)cc2)CC1. The monoisotopic (exact) mass is 270 g/mol. The van der Waals surface area contributed by atoms with Gasteiger partial charge in [0.15, 0.2) is 0 Å². The van der Waals surface area contributed by atoms with Crippen LogP contribution in [0.2, 0.25) is 0 Å². The number of nitrogens with zero attached hydrogens (tertiary/aromatic N) is 2. The third-order valence-electron chi connectivity index (χ3n) is 3.11. The van der Waals surface area contributed by atoms with Crippen molar-refractivity contribution < 1.29 is 17.9 Å². The molecule has 1 aliphatic rings. The van der Waals surface area contributed by atoms with E-state index < -0.39 is 6.36 Å². The van der Waals surface area contributed by atoms with E-state index in [0.29, 0.717) is 0 Å². The molecule has 0 aliphatic carbocycles. The fraction of sp³-hybridized carbons (Fsp3) is 0.462. The number of halogens is 3. The Bertz CT molecular complexity index is 456. The minimum absolute atomic E-state index is 0.0871. The van der Waals surface area contributed by atoms with Gasteiger partial charge in [-0.05, 0) is 37.1 Å². The third kappa shape index (κ3) is 3.78. The van der Waals surface area contributed by atoms with E-state index in [4.69, 9.17) is 5.26 Å². The van der Waals surface area contributed by atoms with Gasteiger partial charge in [0.1, 0.15) is 5.75 Å². The van der Waals surface area contributed by atoms with Crippen LogP contribution in [0.4, 0.5) is 18.9 Å². The Hall–Kier alpha value is -1.90. The van der Waals surface area contributed by atoms with Gasteiger partial charge in [-0.2, -0.15) is 5.26 Å². The number of hydrogen-bond acceptors (Lipinski definition) is 3. The Morgan fingerprint density at radius 3 is 2.21 bits per heavy atom. The molecule has 3 nitrogen and oxygen atoms in total. The molecule has 0 spiro atoms. The van der Waals surface area contributed by atoms with Gasteiger partial charge in [-0.15, -0.1) is 13.2 Å². The van der Waals surface area contributed by atoms with E-state index in [-0.39, 0.29) is 11.7 Å². The molecule has 0 saturated carbocycles. The Kier molecular flexibility index (Phi) is 3.84. The van der Waals surface area contributed by atoms with Crippen LogP contribution in [-0.4, -0.2) is 19.5 Å². The van der Waals surface area contributed by atoms with Crippen molar-refractivity contribution in [1.82, 2.24) is 0 Å². The van der Waals surface area contributed by atoms with Gasteiger partial charge in [0, 0.05) is 24.7 Å². The quantitative estimate of drug-likeness (QED) is 0.827. The summed E-state index contributed by atoms with van der Waals surface area (Å²) in [5.74, 6) is -0.132. The summed E-state index contributed by atoms with van der Waals surface area (Å²) < 4.78 is 39.9. The van der Waals surface area contributed by atoms with Crippen LogP contribution < -0.4 is 9.64 Å². The van der Waals surface area contributed by atoms with E-state index in [1.807, 2.05) is 0 Å². The topological polar surface area (TPSA) is 36.3 Å². The summed E-state index contributed by atoms with van der Waals surface area (Å²) in [6, 6.07) is 8.06.